The van der Waals surface area contributed by atoms with Crippen molar-refractivity contribution in [3.8, 4) is 5.75 Å². The van der Waals surface area contributed by atoms with Crippen LogP contribution in [0.5, 0.6) is 5.75 Å². The van der Waals surface area contributed by atoms with E-state index in [0.717, 1.165) is 25.0 Å². The standard InChI is InChI=1S/C14H21NO2/c1-3-11(16)9-15-14-7-5-10-4-6-12(17-2)8-13(10)14/h4,6,8,11,14-16H,3,5,7,9H2,1-2H3. The Bertz CT molecular complexity index is 378. The number of aliphatic hydroxyl groups is 1. The lowest BCUT2D eigenvalue weighted by Gasteiger charge is -2.17. The molecule has 1 aromatic carbocycles. The van der Waals surface area contributed by atoms with Crippen LogP contribution in [0.1, 0.15) is 36.9 Å². The molecule has 0 bridgehead atoms. The largest absolute Gasteiger partial charge is 0.497 e. The number of methoxy groups -OCH3 is 1. The molecule has 0 amide bonds. The highest BCUT2D eigenvalue weighted by molar-refractivity contribution is 5.40. The SMILES string of the molecule is CCC(O)CNC1CCc2ccc(OC)cc21. The average Bonchev–Trinajstić information content (AvgIpc) is 2.78. The Morgan fingerprint density at radius 2 is 2.35 bits per heavy atom. The van der Waals surface area contributed by atoms with E-state index in [1.54, 1.807) is 7.11 Å². The molecule has 1 aromatic rings. The molecule has 2 atom stereocenters. The van der Waals surface area contributed by atoms with Crippen LogP contribution in [-0.4, -0.2) is 24.9 Å². The first kappa shape index (κ1) is 12.4. The number of rotatable bonds is 5. The summed E-state index contributed by atoms with van der Waals surface area (Å²) in [4.78, 5) is 0. The van der Waals surface area contributed by atoms with Gasteiger partial charge in [-0.1, -0.05) is 13.0 Å². The highest BCUT2D eigenvalue weighted by atomic mass is 16.5. The second-order valence-corrected chi connectivity index (χ2v) is 4.63. The number of ether oxygens (including phenoxy) is 1. The van der Waals surface area contributed by atoms with Gasteiger partial charge in [0.05, 0.1) is 13.2 Å². The zero-order chi connectivity index (χ0) is 12.3. The van der Waals surface area contributed by atoms with Crippen LogP contribution in [0.25, 0.3) is 0 Å². The molecular weight excluding hydrogens is 214 g/mol. The Kier molecular flexibility index (Phi) is 4.02. The fourth-order valence-corrected chi connectivity index (χ4v) is 2.34. The van der Waals surface area contributed by atoms with Crippen molar-refractivity contribution in [2.45, 2.75) is 38.3 Å². The monoisotopic (exact) mass is 235 g/mol. The summed E-state index contributed by atoms with van der Waals surface area (Å²) < 4.78 is 5.26. The van der Waals surface area contributed by atoms with Gasteiger partial charge >= 0.3 is 0 Å². The maximum absolute atomic E-state index is 9.58. The van der Waals surface area contributed by atoms with Gasteiger partial charge in [-0.15, -0.1) is 0 Å². The summed E-state index contributed by atoms with van der Waals surface area (Å²) in [6.45, 7) is 2.66. The van der Waals surface area contributed by atoms with Crippen molar-refractivity contribution in [2.75, 3.05) is 13.7 Å². The van der Waals surface area contributed by atoms with Crippen molar-refractivity contribution in [3.63, 3.8) is 0 Å². The van der Waals surface area contributed by atoms with Gasteiger partial charge in [-0.3, -0.25) is 0 Å². The van der Waals surface area contributed by atoms with Crippen LogP contribution in [0.3, 0.4) is 0 Å². The first-order valence-corrected chi connectivity index (χ1v) is 6.32. The normalized spacial score (nSPS) is 20.1. The first-order valence-electron chi connectivity index (χ1n) is 6.32. The molecular formula is C14H21NO2. The third-order valence-corrected chi connectivity index (χ3v) is 3.50. The Labute approximate surface area is 103 Å². The lowest BCUT2D eigenvalue weighted by Crippen LogP contribution is -2.28. The summed E-state index contributed by atoms with van der Waals surface area (Å²) in [5, 5.41) is 13.0. The van der Waals surface area contributed by atoms with Crippen molar-refractivity contribution >= 4 is 0 Å². The van der Waals surface area contributed by atoms with Crippen LogP contribution in [0, 0.1) is 0 Å². The van der Waals surface area contributed by atoms with Crippen molar-refractivity contribution in [3.05, 3.63) is 29.3 Å². The van der Waals surface area contributed by atoms with Crippen LogP contribution in [0.4, 0.5) is 0 Å². The lowest BCUT2D eigenvalue weighted by atomic mass is 10.1. The number of aryl methyl sites for hydroxylation is 1. The van der Waals surface area contributed by atoms with E-state index in [1.807, 2.05) is 13.0 Å². The molecule has 0 saturated carbocycles. The molecule has 1 aliphatic rings. The van der Waals surface area contributed by atoms with Gasteiger partial charge in [0.2, 0.25) is 0 Å². The van der Waals surface area contributed by atoms with Crippen molar-refractivity contribution in [2.24, 2.45) is 0 Å². The summed E-state index contributed by atoms with van der Waals surface area (Å²) >= 11 is 0. The molecule has 0 heterocycles. The average molecular weight is 235 g/mol. The third-order valence-electron chi connectivity index (χ3n) is 3.50. The second kappa shape index (κ2) is 5.52. The molecule has 94 valence electrons. The summed E-state index contributed by atoms with van der Waals surface area (Å²) in [5.41, 5.74) is 2.72. The van der Waals surface area contributed by atoms with E-state index in [-0.39, 0.29) is 6.10 Å². The molecule has 2 rings (SSSR count). The van der Waals surface area contributed by atoms with E-state index in [0.29, 0.717) is 12.6 Å². The van der Waals surface area contributed by atoms with Gasteiger partial charge in [0.25, 0.3) is 0 Å². The summed E-state index contributed by atoms with van der Waals surface area (Å²) in [7, 11) is 1.69. The zero-order valence-corrected chi connectivity index (χ0v) is 10.6. The minimum atomic E-state index is -0.246. The van der Waals surface area contributed by atoms with Crippen molar-refractivity contribution in [1.82, 2.24) is 5.32 Å². The van der Waals surface area contributed by atoms with Crippen LogP contribution in [0.15, 0.2) is 18.2 Å². The Morgan fingerprint density at radius 1 is 1.53 bits per heavy atom. The van der Waals surface area contributed by atoms with Gasteiger partial charge in [-0.05, 0) is 42.5 Å². The van der Waals surface area contributed by atoms with Crippen molar-refractivity contribution < 1.29 is 9.84 Å². The van der Waals surface area contributed by atoms with Gasteiger partial charge < -0.3 is 15.2 Å². The van der Waals surface area contributed by atoms with E-state index in [1.165, 1.54) is 11.1 Å². The van der Waals surface area contributed by atoms with Crippen LogP contribution in [-0.2, 0) is 6.42 Å². The van der Waals surface area contributed by atoms with Gasteiger partial charge in [0, 0.05) is 12.6 Å². The fourth-order valence-electron chi connectivity index (χ4n) is 2.34. The van der Waals surface area contributed by atoms with E-state index in [9.17, 15) is 5.11 Å². The second-order valence-electron chi connectivity index (χ2n) is 4.63. The molecule has 2 unspecified atom stereocenters. The number of aliphatic hydroxyl groups excluding tert-OH is 1. The lowest BCUT2D eigenvalue weighted by molar-refractivity contribution is 0.163. The molecule has 1 aliphatic carbocycles. The first-order chi connectivity index (χ1) is 8.24. The molecule has 0 spiro atoms. The highest BCUT2D eigenvalue weighted by Crippen LogP contribution is 2.33. The third kappa shape index (κ3) is 2.79. The predicted molar refractivity (Wildman–Crippen MR) is 68.4 cm³/mol. The summed E-state index contributed by atoms with van der Waals surface area (Å²) in [6.07, 6.45) is 2.77. The number of fused-ring (bicyclic) bond motifs is 1. The highest BCUT2D eigenvalue weighted by Gasteiger charge is 2.22. The quantitative estimate of drug-likeness (QED) is 0.820. The molecule has 0 aromatic heterocycles. The number of hydrogen-bond acceptors (Lipinski definition) is 3. The van der Waals surface area contributed by atoms with Crippen molar-refractivity contribution in [1.29, 1.82) is 0 Å². The molecule has 17 heavy (non-hydrogen) atoms. The molecule has 0 saturated heterocycles. The van der Waals surface area contributed by atoms with Gasteiger partial charge in [-0.25, -0.2) is 0 Å². The fraction of sp³-hybridized carbons (Fsp3) is 0.571. The topological polar surface area (TPSA) is 41.5 Å². The van der Waals surface area contributed by atoms with E-state index >= 15 is 0 Å². The Hall–Kier alpha value is -1.06. The molecule has 0 radical (unpaired) electrons. The van der Waals surface area contributed by atoms with Gasteiger partial charge in [0.15, 0.2) is 0 Å². The van der Waals surface area contributed by atoms with E-state index in [2.05, 4.69) is 17.4 Å². The number of nitrogens with one attached hydrogen (secondary N) is 1. The minimum Gasteiger partial charge on any atom is -0.497 e. The molecule has 0 aliphatic heterocycles. The van der Waals surface area contributed by atoms with E-state index in [4.69, 9.17) is 4.74 Å². The number of benzene rings is 1. The predicted octanol–water partition coefficient (Wildman–Crippen LogP) is 2.04. The molecule has 2 N–H and O–H groups in total. The minimum absolute atomic E-state index is 0.246. The number of hydrogen-bond donors (Lipinski definition) is 2. The van der Waals surface area contributed by atoms with Crippen LogP contribution < -0.4 is 10.1 Å². The summed E-state index contributed by atoms with van der Waals surface area (Å²) in [6, 6.07) is 6.63. The molecule has 3 heteroatoms. The van der Waals surface area contributed by atoms with Gasteiger partial charge in [-0.2, -0.15) is 0 Å². The molecule has 0 fully saturated rings. The Balaban J connectivity index is 2.04. The summed E-state index contributed by atoms with van der Waals surface area (Å²) in [5.74, 6) is 0.911. The Morgan fingerprint density at radius 3 is 3.06 bits per heavy atom. The maximum atomic E-state index is 9.58. The zero-order valence-electron chi connectivity index (χ0n) is 10.6. The smallest absolute Gasteiger partial charge is 0.119 e. The van der Waals surface area contributed by atoms with Crippen LogP contribution >= 0.6 is 0 Å². The van der Waals surface area contributed by atoms with Gasteiger partial charge in [0.1, 0.15) is 5.75 Å². The van der Waals surface area contributed by atoms with E-state index < -0.39 is 0 Å². The maximum Gasteiger partial charge on any atom is 0.119 e. The molecule has 3 nitrogen and oxygen atoms in total. The van der Waals surface area contributed by atoms with Crippen LogP contribution in [0.2, 0.25) is 0 Å².